The van der Waals surface area contributed by atoms with Crippen LogP contribution in [0.1, 0.15) is 106 Å². The summed E-state index contributed by atoms with van der Waals surface area (Å²) >= 11 is 0. The highest BCUT2D eigenvalue weighted by Crippen LogP contribution is 2.70. The van der Waals surface area contributed by atoms with Crippen molar-refractivity contribution in [2.24, 2.45) is 63.6 Å². The smallest absolute Gasteiger partial charge is 0.269 e. The summed E-state index contributed by atoms with van der Waals surface area (Å²) in [6.07, 6.45) is 6.89. The summed E-state index contributed by atoms with van der Waals surface area (Å²) in [4.78, 5) is 0. The molecule has 0 aromatic heterocycles. The van der Waals surface area contributed by atoms with Crippen molar-refractivity contribution in [2.45, 2.75) is 122 Å². The maximum atomic E-state index is 12.9. The molecule has 0 bridgehead atoms. The SMILES string of the molecule is CC(C)C1(CC[C@@H](C)[C@H]2CC[C@H]3[C@@H]4C[C@H](S(=O)(=O)O)[C@H]5C[C@H](S(=O)(=O)O)[C@@H](S(=O)(=O)O)C[C@]5(C)[C@H]4CC[C@]23C)CC1C. The summed E-state index contributed by atoms with van der Waals surface area (Å²) in [5.74, 6) is 1.68. The second-order valence-corrected chi connectivity index (χ2v) is 21.0. The van der Waals surface area contributed by atoms with Gasteiger partial charge in [-0.1, -0.05) is 41.5 Å². The van der Waals surface area contributed by atoms with E-state index in [-0.39, 0.29) is 36.0 Å². The lowest BCUT2D eigenvalue weighted by atomic mass is 9.44. The van der Waals surface area contributed by atoms with Crippen LogP contribution in [0.4, 0.5) is 0 Å². The van der Waals surface area contributed by atoms with Gasteiger partial charge < -0.3 is 0 Å². The highest BCUT2D eigenvalue weighted by Gasteiger charge is 2.67. The third kappa shape index (κ3) is 5.23. The third-order valence-corrected chi connectivity index (χ3v) is 18.3. The standard InChI is InChI=1S/C30H52O9S3/c1-17(2)30(15-19(30)4)12-9-18(3)21-7-8-22-20-13-25(40(31,32)33)24-14-26(41(34,35)36)27(42(37,38)39)16-29(24,6)23(20)10-11-28(21,22)5/h17-27H,7-16H2,1-6H3,(H,31,32,33)(H,34,35,36)(H,37,38,39)/t18-,19?,20+,21-,22+,23+,24-,25+,26+,27+,28-,29-,30?/m1/s1. The van der Waals surface area contributed by atoms with Crippen LogP contribution in [0.2, 0.25) is 0 Å². The van der Waals surface area contributed by atoms with Crippen molar-refractivity contribution in [3.8, 4) is 0 Å². The Balaban J connectivity index is 1.45. The molecular formula is C30H52O9S3. The Kier molecular flexibility index (Phi) is 8.18. The summed E-state index contributed by atoms with van der Waals surface area (Å²) in [7, 11) is -14.4. The zero-order valence-corrected chi connectivity index (χ0v) is 28.4. The van der Waals surface area contributed by atoms with Crippen molar-refractivity contribution in [3.05, 3.63) is 0 Å². The highest BCUT2D eigenvalue weighted by atomic mass is 32.2. The van der Waals surface area contributed by atoms with Crippen LogP contribution in [0, 0.1) is 63.6 Å². The van der Waals surface area contributed by atoms with Gasteiger partial charge in [0.2, 0.25) is 0 Å². The van der Waals surface area contributed by atoms with Gasteiger partial charge in [-0.3, -0.25) is 13.7 Å². The average molecular weight is 653 g/mol. The molecule has 0 amide bonds. The molecule has 3 N–H and O–H groups in total. The van der Waals surface area contributed by atoms with E-state index in [0.29, 0.717) is 23.2 Å². The quantitative estimate of drug-likeness (QED) is 0.278. The summed E-state index contributed by atoms with van der Waals surface area (Å²) in [6.45, 7) is 13.6. The maximum absolute atomic E-state index is 12.9. The maximum Gasteiger partial charge on any atom is 0.269 e. The molecule has 5 saturated carbocycles. The minimum absolute atomic E-state index is 0.00179. The van der Waals surface area contributed by atoms with Crippen LogP contribution in [0.3, 0.4) is 0 Å². The van der Waals surface area contributed by atoms with Gasteiger partial charge in [0.15, 0.2) is 0 Å². The Morgan fingerprint density at radius 2 is 1.26 bits per heavy atom. The van der Waals surface area contributed by atoms with Crippen molar-refractivity contribution >= 4 is 30.4 Å². The van der Waals surface area contributed by atoms with Gasteiger partial charge in [0, 0.05) is 0 Å². The van der Waals surface area contributed by atoms with E-state index < -0.39 is 63.9 Å². The summed E-state index contributed by atoms with van der Waals surface area (Å²) in [5.41, 5.74) is -0.491. The van der Waals surface area contributed by atoms with Gasteiger partial charge in [0.05, 0.1) is 5.25 Å². The fourth-order valence-electron chi connectivity index (χ4n) is 11.8. The monoisotopic (exact) mass is 652 g/mol. The summed E-state index contributed by atoms with van der Waals surface area (Å²) < 4.78 is 106. The Morgan fingerprint density at radius 1 is 0.714 bits per heavy atom. The van der Waals surface area contributed by atoms with Crippen LogP contribution in [-0.4, -0.2) is 54.7 Å². The molecule has 0 saturated heterocycles. The second kappa shape index (κ2) is 10.4. The van der Waals surface area contributed by atoms with Crippen LogP contribution >= 0.6 is 0 Å². The van der Waals surface area contributed by atoms with E-state index in [9.17, 15) is 38.9 Å². The molecule has 5 rings (SSSR count). The van der Waals surface area contributed by atoms with Crippen LogP contribution in [0.15, 0.2) is 0 Å². The predicted octanol–water partition coefficient (Wildman–Crippen LogP) is 5.73. The summed E-state index contributed by atoms with van der Waals surface area (Å²) in [6, 6.07) is 0. The zero-order chi connectivity index (χ0) is 31.4. The molecule has 42 heavy (non-hydrogen) atoms. The van der Waals surface area contributed by atoms with Crippen molar-refractivity contribution in [1.29, 1.82) is 0 Å². The molecule has 2 unspecified atom stereocenters. The first-order chi connectivity index (χ1) is 19.1. The van der Waals surface area contributed by atoms with Crippen molar-refractivity contribution in [3.63, 3.8) is 0 Å². The first-order valence-corrected chi connectivity index (χ1v) is 20.5. The topological polar surface area (TPSA) is 163 Å². The van der Waals surface area contributed by atoms with E-state index in [2.05, 4.69) is 34.6 Å². The van der Waals surface area contributed by atoms with Gasteiger partial charge in [-0.25, -0.2) is 0 Å². The Labute approximate surface area is 253 Å². The molecule has 5 fully saturated rings. The number of hydrogen-bond acceptors (Lipinski definition) is 6. The molecule has 12 heteroatoms. The van der Waals surface area contributed by atoms with Gasteiger partial charge in [-0.15, -0.1) is 0 Å². The Bertz CT molecular complexity index is 1390. The molecule has 0 aliphatic heterocycles. The normalized spacial score (nSPS) is 48.3. The van der Waals surface area contributed by atoms with Gasteiger partial charge in [0.25, 0.3) is 30.4 Å². The minimum atomic E-state index is -4.91. The largest absolute Gasteiger partial charge is 0.285 e. The average Bonchev–Trinajstić information content (AvgIpc) is 3.37. The predicted molar refractivity (Wildman–Crippen MR) is 161 cm³/mol. The number of hydrogen-bond donors (Lipinski definition) is 3. The molecule has 0 aromatic carbocycles. The number of rotatable bonds is 8. The molecule has 0 heterocycles. The lowest BCUT2D eigenvalue weighted by molar-refractivity contribution is -0.112. The molecule has 0 spiro atoms. The van der Waals surface area contributed by atoms with Gasteiger partial charge in [0.1, 0.15) is 10.5 Å². The van der Waals surface area contributed by atoms with Gasteiger partial charge in [-0.2, -0.15) is 25.3 Å². The molecule has 5 aliphatic rings. The lowest BCUT2D eigenvalue weighted by Crippen LogP contribution is -2.63. The highest BCUT2D eigenvalue weighted by molar-refractivity contribution is 7.90. The summed E-state index contributed by atoms with van der Waals surface area (Å²) in [5, 5.41) is -4.85. The van der Waals surface area contributed by atoms with Gasteiger partial charge in [-0.05, 0) is 128 Å². The first kappa shape index (κ1) is 33.1. The third-order valence-electron chi connectivity index (χ3n) is 14.3. The fourth-order valence-corrected chi connectivity index (χ4v) is 16.0. The first-order valence-electron chi connectivity index (χ1n) is 16.0. The Morgan fingerprint density at radius 3 is 1.76 bits per heavy atom. The van der Waals surface area contributed by atoms with E-state index in [1.165, 1.54) is 19.3 Å². The zero-order valence-electron chi connectivity index (χ0n) is 25.9. The lowest BCUT2D eigenvalue weighted by Gasteiger charge is -2.63. The molecule has 13 atom stereocenters. The van der Waals surface area contributed by atoms with Crippen LogP contribution < -0.4 is 0 Å². The molecule has 9 nitrogen and oxygen atoms in total. The molecule has 5 aliphatic carbocycles. The van der Waals surface area contributed by atoms with Crippen LogP contribution in [-0.2, 0) is 30.4 Å². The van der Waals surface area contributed by atoms with E-state index in [1.54, 1.807) is 0 Å². The van der Waals surface area contributed by atoms with Crippen molar-refractivity contribution in [1.82, 2.24) is 0 Å². The molecular weight excluding hydrogens is 601 g/mol. The van der Waals surface area contributed by atoms with E-state index in [0.717, 1.165) is 31.6 Å². The molecule has 0 aromatic rings. The van der Waals surface area contributed by atoms with Crippen molar-refractivity contribution < 1.29 is 38.9 Å². The van der Waals surface area contributed by atoms with E-state index >= 15 is 0 Å². The van der Waals surface area contributed by atoms with Crippen LogP contribution in [0.25, 0.3) is 0 Å². The fraction of sp³-hybridized carbons (Fsp3) is 1.00. The van der Waals surface area contributed by atoms with Crippen molar-refractivity contribution in [2.75, 3.05) is 0 Å². The Hall–Kier alpha value is -0.270. The van der Waals surface area contributed by atoms with Gasteiger partial charge >= 0.3 is 0 Å². The van der Waals surface area contributed by atoms with E-state index in [1.807, 2.05) is 6.92 Å². The molecule has 0 radical (unpaired) electrons. The van der Waals surface area contributed by atoms with Crippen LogP contribution in [0.5, 0.6) is 0 Å². The molecule has 244 valence electrons. The minimum Gasteiger partial charge on any atom is -0.285 e. The second-order valence-electron chi connectivity index (χ2n) is 16.1. The van der Waals surface area contributed by atoms with E-state index in [4.69, 9.17) is 0 Å². The number of fused-ring (bicyclic) bond motifs is 5.